The number of hydrogen-bond acceptors (Lipinski definition) is 3. The molecule has 1 saturated heterocycles. The first kappa shape index (κ1) is 11.3. The van der Waals surface area contributed by atoms with E-state index in [0.29, 0.717) is 18.9 Å². The average Bonchev–Trinajstić information content (AvgIpc) is 2.68. The molecule has 0 bridgehead atoms. The van der Waals surface area contributed by atoms with E-state index >= 15 is 0 Å². The SMILES string of the molecule is Cc1ccc(CC(=O)C2OCCC2C)nc1. The Bertz CT molecular complexity index is 372. The van der Waals surface area contributed by atoms with Crippen LogP contribution in [0.15, 0.2) is 18.3 Å². The topological polar surface area (TPSA) is 39.2 Å². The van der Waals surface area contributed by atoms with Gasteiger partial charge in [-0.1, -0.05) is 13.0 Å². The average molecular weight is 219 g/mol. The van der Waals surface area contributed by atoms with Gasteiger partial charge in [-0.25, -0.2) is 0 Å². The van der Waals surface area contributed by atoms with E-state index in [1.807, 2.05) is 19.1 Å². The fourth-order valence-corrected chi connectivity index (χ4v) is 1.99. The molecule has 1 aromatic rings. The van der Waals surface area contributed by atoms with Crippen molar-refractivity contribution in [2.24, 2.45) is 5.92 Å². The maximum Gasteiger partial charge on any atom is 0.167 e. The molecule has 0 N–H and O–H groups in total. The van der Waals surface area contributed by atoms with Crippen molar-refractivity contribution in [3.05, 3.63) is 29.6 Å². The van der Waals surface area contributed by atoms with Crippen LogP contribution in [0.1, 0.15) is 24.6 Å². The lowest BCUT2D eigenvalue weighted by Gasteiger charge is -2.12. The Hall–Kier alpha value is -1.22. The van der Waals surface area contributed by atoms with Crippen molar-refractivity contribution >= 4 is 5.78 Å². The Kier molecular flexibility index (Phi) is 3.34. The first-order valence-corrected chi connectivity index (χ1v) is 5.72. The predicted octanol–water partition coefficient (Wildman–Crippen LogP) is 1.93. The molecule has 3 nitrogen and oxygen atoms in total. The number of aromatic nitrogens is 1. The van der Waals surface area contributed by atoms with Crippen LogP contribution >= 0.6 is 0 Å². The maximum atomic E-state index is 11.9. The zero-order valence-corrected chi connectivity index (χ0v) is 9.77. The second-order valence-corrected chi connectivity index (χ2v) is 4.53. The van der Waals surface area contributed by atoms with E-state index in [9.17, 15) is 4.79 Å². The molecular formula is C13H17NO2. The predicted molar refractivity (Wildman–Crippen MR) is 61.2 cm³/mol. The van der Waals surface area contributed by atoms with Gasteiger partial charge in [0.25, 0.3) is 0 Å². The largest absolute Gasteiger partial charge is 0.370 e. The van der Waals surface area contributed by atoms with Gasteiger partial charge in [0.2, 0.25) is 0 Å². The number of carbonyl (C=O) groups excluding carboxylic acids is 1. The molecule has 2 unspecified atom stereocenters. The van der Waals surface area contributed by atoms with Gasteiger partial charge in [0.15, 0.2) is 5.78 Å². The zero-order valence-electron chi connectivity index (χ0n) is 9.77. The summed E-state index contributed by atoms with van der Waals surface area (Å²) in [5.41, 5.74) is 1.94. The van der Waals surface area contributed by atoms with Crippen molar-refractivity contribution in [1.82, 2.24) is 4.98 Å². The first-order chi connectivity index (χ1) is 7.66. The molecule has 0 saturated carbocycles. The van der Waals surface area contributed by atoms with Crippen LogP contribution < -0.4 is 0 Å². The summed E-state index contributed by atoms with van der Waals surface area (Å²) in [6, 6.07) is 3.89. The van der Waals surface area contributed by atoms with E-state index in [0.717, 1.165) is 17.7 Å². The van der Waals surface area contributed by atoms with Crippen LogP contribution in [0.5, 0.6) is 0 Å². The van der Waals surface area contributed by atoms with Crippen molar-refractivity contribution in [3.63, 3.8) is 0 Å². The third-order valence-corrected chi connectivity index (χ3v) is 3.03. The lowest BCUT2D eigenvalue weighted by Crippen LogP contribution is -2.27. The Morgan fingerprint density at radius 3 is 2.94 bits per heavy atom. The fraction of sp³-hybridized carbons (Fsp3) is 0.538. The zero-order chi connectivity index (χ0) is 11.5. The summed E-state index contributed by atoms with van der Waals surface area (Å²) in [5.74, 6) is 0.499. The molecule has 1 aromatic heterocycles. The van der Waals surface area contributed by atoms with Crippen LogP contribution in [0.4, 0.5) is 0 Å². The normalized spacial score (nSPS) is 24.6. The van der Waals surface area contributed by atoms with Gasteiger partial charge in [-0.05, 0) is 30.9 Å². The third kappa shape index (κ3) is 2.47. The number of ketones is 1. The molecule has 1 aliphatic heterocycles. The van der Waals surface area contributed by atoms with E-state index in [1.165, 1.54) is 0 Å². The van der Waals surface area contributed by atoms with E-state index in [1.54, 1.807) is 6.20 Å². The molecular weight excluding hydrogens is 202 g/mol. The third-order valence-electron chi connectivity index (χ3n) is 3.03. The summed E-state index contributed by atoms with van der Waals surface area (Å²) in [6.07, 6.45) is 2.94. The second-order valence-electron chi connectivity index (χ2n) is 4.53. The molecule has 1 aliphatic rings. The lowest BCUT2D eigenvalue weighted by molar-refractivity contribution is -0.128. The van der Waals surface area contributed by atoms with Crippen molar-refractivity contribution in [3.8, 4) is 0 Å². The van der Waals surface area contributed by atoms with E-state index in [4.69, 9.17) is 4.74 Å². The van der Waals surface area contributed by atoms with Gasteiger partial charge in [0, 0.05) is 18.5 Å². The van der Waals surface area contributed by atoms with Gasteiger partial charge < -0.3 is 4.74 Å². The molecule has 3 heteroatoms. The number of rotatable bonds is 3. The highest BCUT2D eigenvalue weighted by atomic mass is 16.5. The molecule has 0 aliphatic carbocycles. The molecule has 1 fully saturated rings. The number of hydrogen-bond donors (Lipinski definition) is 0. The van der Waals surface area contributed by atoms with Gasteiger partial charge >= 0.3 is 0 Å². The summed E-state index contributed by atoms with van der Waals surface area (Å²) in [4.78, 5) is 16.2. The van der Waals surface area contributed by atoms with Crippen LogP contribution in [0.3, 0.4) is 0 Å². The van der Waals surface area contributed by atoms with Gasteiger partial charge in [0.1, 0.15) is 6.10 Å². The van der Waals surface area contributed by atoms with Crippen LogP contribution in [0, 0.1) is 12.8 Å². The number of ether oxygens (including phenoxy) is 1. The Balaban J connectivity index is 1.99. The molecule has 86 valence electrons. The Morgan fingerprint density at radius 2 is 2.38 bits per heavy atom. The first-order valence-electron chi connectivity index (χ1n) is 5.72. The van der Waals surface area contributed by atoms with Crippen molar-refractivity contribution in [2.75, 3.05) is 6.61 Å². The molecule has 0 radical (unpaired) electrons. The minimum Gasteiger partial charge on any atom is -0.370 e. The number of pyridine rings is 1. The van der Waals surface area contributed by atoms with Crippen LogP contribution in [0.2, 0.25) is 0 Å². The minimum atomic E-state index is -0.219. The Labute approximate surface area is 95.8 Å². The van der Waals surface area contributed by atoms with Gasteiger partial charge in [-0.3, -0.25) is 9.78 Å². The van der Waals surface area contributed by atoms with Crippen molar-refractivity contribution < 1.29 is 9.53 Å². The molecule has 2 heterocycles. The van der Waals surface area contributed by atoms with Crippen molar-refractivity contribution in [1.29, 1.82) is 0 Å². The smallest absolute Gasteiger partial charge is 0.167 e. The van der Waals surface area contributed by atoms with Gasteiger partial charge in [-0.2, -0.15) is 0 Å². The maximum absolute atomic E-state index is 11.9. The molecule has 0 spiro atoms. The Morgan fingerprint density at radius 1 is 1.56 bits per heavy atom. The highest BCUT2D eigenvalue weighted by molar-refractivity contribution is 5.85. The molecule has 2 rings (SSSR count). The molecule has 2 atom stereocenters. The summed E-state index contributed by atoms with van der Waals surface area (Å²) in [6.45, 7) is 4.76. The quantitative estimate of drug-likeness (QED) is 0.779. The summed E-state index contributed by atoms with van der Waals surface area (Å²) in [5, 5.41) is 0. The minimum absolute atomic E-state index is 0.154. The summed E-state index contributed by atoms with van der Waals surface area (Å²) >= 11 is 0. The lowest BCUT2D eigenvalue weighted by atomic mass is 9.98. The highest BCUT2D eigenvalue weighted by Crippen LogP contribution is 2.21. The van der Waals surface area contributed by atoms with E-state index < -0.39 is 0 Å². The monoisotopic (exact) mass is 219 g/mol. The van der Waals surface area contributed by atoms with Crippen LogP contribution in [-0.4, -0.2) is 23.5 Å². The number of Topliss-reactive ketones (excluding diaryl/α,β-unsaturated/α-hetero) is 1. The molecule has 16 heavy (non-hydrogen) atoms. The van der Waals surface area contributed by atoms with Crippen LogP contribution in [-0.2, 0) is 16.0 Å². The fourth-order valence-electron chi connectivity index (χ4n) is 1.99. The molecule has 0 aromatic carbocycles. The number of nitrogens with zero attached hydrogens (tertiary/aromatic N) is 1. The van der Waals surface area contributed by atoms with E-state index in [-0.39, 0.29) is 11.9 Å². The number of carbonyl (C=O) groups is 1. The standard InChI is InChI=1S/C13H17NO2/c1-9-3-4-11(14-8-9)7-12(15)13-10(2)5-6-16-13/h3-4,8,10,13H,5-7H2,1-2H3. The number of aryl methyl sites for hydroxylation is 1. The van der Waals surface area contributed by atoms with Crippen LogP contribution in [0.25, 0.3) is 0 Å². The second kappa shape index (κ2) is 4.74. The van der Waals surface area contributed by atoms with E-state index in [2.05, 4.69) is 11.9 Å². The summed E-state index contributed by atoms with van der Waals surface area (Å²) < 4.78 is 5.45. The van der Waals surface area contributed by atoms with Gasteiger partial charge in [0.05, 0.1) is 6.42 Å². The summed E-state index contributed by atoms with van der Waals surface area (Å²) in [7, 11) is 0. The molecule has 0 amide bonds. The van der Waals surface area contributed by atoms with Crippen molar-refractivity contribution in [2.45, 2.75) is 32.8 Å². The van der Waals surface area contributed by atoms with Gasteiger partial charge in [-0.15, -0.1) is 0 Å². The highest BCUT2D eigenvalue weighted by Gasteiger charge is 2.30.